The van der Waals surface area contributed by atoms with Gasteiger partial charge in [0.2, 0.25) is 0 Å². The Kier molecular flexibility index (Phi) is 3.23. The zero-order valence-corrected chi connectivity index (χ0v) is 11.5. The monoisotopic (exact) mass is 301 g/mol. The van der Waals surface area contributed by atoms with Gasteiger partial charge in [0, 0.05) is 4.91 Å². The van der Waals surface area contributed by atoms with E-state index in [9.17, 15) is 9.90 Å². The van der Waals surface area contributed by atoms with Crippen molar-refractivity contribution in [3.8, 4) is 0 Å². The van der Waals surface area contributed by atoms with Gasteiger partial charge in [-0.05, 0) is 19.4 Å². The van der Waals surface area contributed by atoms with Crippen molar-refractivity contribution in [2.75, 3.05) is 13.2 Å². The summed E-state index contributed by atoms with van der Waals surface area (Å²) in [5.74, 6) is -0.958. The lowest BCUT2D eigenvalue weighted by molar-refractivity contribution is -0.299. The highest BCUT2D eigenvalue weighted by atomic mass is 16.8. The summed E-state index contributed by atoms with van der Waals surface area (Å²) in [6, 6.07) is -0.968. The first-order chi connectivity index (χ1) is 9.87. The molecule has 0 aliphatic carbocycles. The molecule has 3 aliphatic heterocycles. The maximum absolute atomic E-state index is 11.1. The van der Waals surface area contributed by atoms with Crippen molar-refractivity contribution in [3.63, 3.8) is 0 Å². The summed E-state index contributed by atoms with van der Waals surface area (Å²) >= 11 is 0. The van der Waals surface area contributed by atoms with Crippen LogP contribution in [0.5, 0.6) is 0 Å². The number of fused-ring (bicyclic) bond motifs is 2. The van der Waals surface area contributed by atoms with E-state index in [1.165, 1.54) is 0 Å². The Balaban J connectivity index is 1.94. The average Bonchev–Trinajstić information content (AvgIpc) is 2.74. The molecule has 1 N–H and O–H groups in total. The van der Waals surface area contributed by atoms with Crippen LogP contribution in [0.25, 0.3) is 10.4 Å². The standard InChI is InChI=1S/C11H15N3O7/c1-10(2)19-6-5(13-14-12)8(15)21-11(7(6)20-10)3-17-9(16)18-4-11/h5-8,15H,3-4H2,1-2H3/t5-,6?,7?,8?/m0/s1. The third kappa shape index (κ3) is 2.30. The molecule has 3 heterocycles. The summed E-state index contributed by atoms with van der Waals surface area (Å²) < 4.78 is 26.7. The summed E-state index contributed by atoms with van der Waals surface area (Å²) in [6.45, 7) is 3.08. The molecule has 1 spiro atoms. The summed E-state index contributed by atoms with van der Waals surface area (Å²) in [5, 5.41) is 13.6. The average molecular weight is 301 g/mol. The molecule has 0 aromatic heterocycles. The number of hydrogen-bond donors (Lipinski definition) is 1. The van der Waals surface area contributed by atoms with Gasteiger partial charge in [0.05, 0.1) is 0 Å². The van der Waals surface area contributed by atoms with Crippen molar-refractivity contribution < 1.29 is 33.6 Å². The van der Waals surface area contributed by atoms with Gasteiger partial charge >= 0.3 is 6.16 Å². The molecule has 3 unspecified atom stereocenters. The van der Waals surface area contributed by atoms with Crippen LogP contribution in [0.15, 0.2) is 5.11 Å². The quantitative estimate of drug-likeness (QED) is 0.321. The fraction of sp³-hybridized carbons (Fsp3) is 0.909. The van der Waals surface area contributed by atoms with Crippen molar-refractivity contribution >= 4 is 6.16 Å². The molecular weight excluding hydrogens is 286 g/mol. The SMILES string of the molecule is CC1(C)OC2C(O1)C1(COC(=O)OC1)OC(O)[C@H]2N=[N+]=[N-]. The van der Waals surface area contributed by atoms with Crippen LogP contribution >= 0.6 is 0 Å². The van der Waals surface area contributed by atoms with Gasteiger partial charge in [-0.1, -0.05) is 5.11 Å². The predicted molar refractivity (Wildman–Crippen MR) is 63.9 cm³/mol. The van der Waals surface area contributed by atoms with E-state index in [0.29, 0.717) is 0 Å². The van der Waals surface area contributed by atoms with E-state index < -0.39 is 42.1 Å². The van der Waals surface area contributed by atoms with Gasteiger partial charge in [0.1, 0.15) is 31.5 Å². The molecule has 3 rings (SSSR count). The highest BCUT2D eigenvalue weighted by Gasteiger charge is 2.63. The Morgan fingerprint density at radius 1 is 1.29 bits per heavy atom. The van der Waals surface area contributed by atoms with Crippen LogP contribution in [0.1, 0.15) is 13.8 Å². The van der Waals surface area contributed by atoms with Gasteiger partial charge in [-0.15, -0.1) is 0 Å². The molecule has 10 nitrogen and oxygen atoms in total. The Hall–Kier alpha value is -1.58. The lowest BCUT2D eigenvalue weighted by Crippen LogP contribution is -2.67. The molecule has 116 valence electrons. The topological polar surface area (TPSA) is 132 Å². The number of ether oxygens (including phenoxy) is 5. The van der Waals surface area contributed by atoms with E-state index in [4.69, 9.17) is 29.2 Å². The number of aliphatic hydroxyl groups excluding tert-OH is 1. The lowest BCUT2D eigenvalue weighted by atomic mass is 9.86. The Morgan fingerprint density at radius 3 is 2.57 bits per heavy atom. The predicted octanol–water partition coefficient (Wildman–Crippen LogP) is 0.440. The number of hydrogen-bond acceptors (Lipinski definition) is 8. The van der Waals surface area contributed by atoms with Crippen LogP contribution in [0.4, 0.5) is 4.79 Å². The summed E-state index contributed by atoms with van der Waals surface area (Å²) in [6.07, 6.45) is -3.68. The van der Waals surface area contributed by atoms with Crippen molar-refractivity contribution in [1.82, 2.24) is 0 Å². The number of azide groups is 1. The fourth-order valence-corrected chi connectivity index (χ4v) is 2.85. The van der Waals surface area contributed by atoms with Crippen LogP contribution in [-0.2, 0) is 23.7 Å². The first kappa shape index (κ1) is 14.4. The maximum atomic E-state index is 11.1. The molecule has 21 heavy (non-hydrogen) atoms. The van der Waals surface area contributed by atoms with Crippen LogP contribution in [-0.4, -0.2) is 60.4 Å². The first-order valence-electron chi connectivity index (χ1n) is 6.42. The Labute approximate surface area is 119 Å². The third-order valence-electron chi connectivity index (χ3n) is 3.69. The van der Waals surface area contributed by atoms with Crippen molar-refractivity contribution in [2.24, 2.45) is 5.11 Å². The number of rotatable bonds is 1. The van der Waals surface area contributed by atoms with Crippen LogP contribution in [0.2, 0.25) is 0 Å². The van der Waals surface area contributed by atoms with Crippen molar-refractivity contribution in [1.29, 1.82) is 0 Å². The number of nitrogens with zero attached hydrogens (tertiary/aromatic N) is 3. The summed E-state index contributed by atoms with van der Waals surface area (Å²) in [4.78, 5) is 13.8. The van der Waals surface area contributed by atoms with Gasteiger partial charge in [0.25, 0.3) is 0 Å². The van der Waals surface area contributed by atoms with Crippen LogP contribution in [0.3, 0.4) is 0 Å². The van der Waals surface area contributed by atoms with E-state index in [2.05, 4.69) is 10.0 Å². The van der Waals surface area contributed by atoms with Crippen molar-refractivity contribution in [2.45, 2.75) is 49.8 Å². The zero-order chi connectivity index (χ0) is 15.3. The van der Waals surface area contributed by atoms with Gasteiger partial charge in [0.15, 0.2) is 17.7 Å². The normalized spacial score (nSPS) is 39.9. The van der Waals surface area contributed by atoms with E-state index in [-0.39, 0.29) is 13.2 Å². The van der Waals surface area contributed by atoms with Crippen molar-refractivity contribution in [3.05, 3.63) is 10.4 Å². The Bertz CT molecular complexity index is 494. The molecule has 3 fully saturated rings. The minimum atomic E-state index is -1.42. The molecular formula is C11H15N3O7. The van der Waals surface area contributed by atoms with E-state index in [1.807, 2.05) is 0 Å². The molecule has 0 amide bonds. The van der Waals surface area contributed by atoms with Gasteiger partial charge in [-0.25, -0.2) is 4.79 Å². The number of aliphatic hydroxyl groups is 1. The van der Waals surface area contributed by atoms with Crippen LogP contribution < -0.4 is 0 Å². The minimum Gasteiger partial charge on any atom is -0.431 e. The van der Waals surface area contributed by atoms with Gasteiger partial charge in [-0.2, -0.15) is 0 Å². The molecule has 3 aliphatic rings. The smallest absolute Gasteiger partial charge is 0.431 e. The number of cyclic esters (lactones) is 2. The largest absolute Gasteiger partial charge is 0.508 e. The molecule has 0 saturated carbocycles. The second-order valence-electron chi connectivity index (χ2n) is 5.62. The fourth-order valence-electron chi connectivity index (χ4n) is 2.85. The van der Waals surface area contributed by atoms with Gasteiger partial charge in [-0.3, -0.25) is 0 Å². The van der Waals surface area contributed by atoms with E-state index in [1.54, 1.807) is 13.8 Å². The maximum Gasteiger partial charge on any atom is 0.508 e. The highest BCUT2D eigenvalue weighted by molar-refractivity contribution is 5.61. The molecule has 0 aromatic carbocycles. The zero-order valence-electron chi connectivity index (χ0n) is 11.5. The molecule has 0 aromatic rings. The molecule has 0 radical (unpaired) electrons. The summed E-state index contributed by atoms with van der Waals surface area (Å²) in [7, 11) is 0. The molecule has 3 saturated heterocycles. The Morgan fingerprint density at radius 2 is 1.95 bits per heavy atom. The molecule has 4 atom stereocenters. The molecule has 10 heteroatoms. The van der Waals surface area contributed by atoms with E-state index >= 15 is 0 Å². The first-order valence-corrected chi connectivity index (χ1v) is 6.42. The number of carbonyl (C=O) groups excluding carboxylic acids is 1. The minimum absolute atomic E-state index is 0.146. The number of carbonyl (C=O) groups is 1. The highest BCUT2D eigenvalue weighted by Crippen LogP contribution is 2.44. The lowest BCUT2D eigenvalue weighted by Gasteiger charge is -2.47. The van der Waals surface area contributed by atoms with Gasteiger partial charge < -0.3 is 28.8 Å². The molecule has 0 bridgehead atoms. The second kappa shape index (κ2) is 4.72. The van der Waals surface area contributed by atoms with E-state index in [0.717, 1.165) is 0 Å². The van der Waals surface area contributed by atoms with Crippen LogP contribution in [0, 0.1) is 0 Å². The third-order valence-corrected chi connectivity index (χ3v) is 3.69. The second-order valence-corrected chi connectivity index (χ2v) is 5.62. The summed E-state index contributed by atoms with van der Waals surface area (Å²) in [5.41, 5.74) is 7.42.